The van der Waals surface area contributed by atoms with Crippen molar-refractivity contribution >= 4 is 29.1 Å². The molecule has 0 unspecified atom stereocenters. The van der Waals surface area contributed by atoms with Gasteiger partial charge in [-0.1, -0.05) is 23.2 Å². The number of rotatable bonds is 7. The molecule has 0 saturated heterocycles. The van der Waals surface area contributed by atoms with Crippen LogP contribution in [0.15, 0.2) is 40.9 Å². The van der Waals surface area contributed by atoms with Crippen LogP contribution in [-0.2, 0) is 19.7 Å². The van der Waals surface area contributed by atoms with Gasteiger partial charge in [-0.3, -0.25) is 9.48 Å². The highest BCUT2D eigenvalue weighted by atomic mass is 35.5. The maximum Gasteiger partial charge on any atom is 0.289 e. The van der Waals surface area contributed by atoms with Gasteiger partial charge in [0.05, 0.1) is 16.6 Å². The van der Waals surface area contributed by atoms with Crippen LogP contribution in [0.4, 0.5) is 4.39 Å². The highest BCUT2D eigenvalue weighted by Crippen LogP contribution is 2.26. The Hall–Kier alpha value is -2.51. The molecule has 0 radical (unpaired) electrons. The summed E-state index contributed by atoms with van der Waals surface area (Å²) in [6.07, 6.45) is 1.72. The summed E-state index contributed by atoms with van der Waals surface area (Å²) in [5.41, 5.74) is 0.612. The van der Waals surface area contributed by atoms with Gasteiger partial charge >= 0.3 is 0 Å². The lowest BCUT2D eigenvalue weighted by Gasteiger charge is -2.14. The monoisotopic (exact) mass is 425 g/mol. The van der Waals surface area contributed by atoms with Crippen LogP contribution in [0, 0.1) is 5.82 Å². The van der Waals surface area contributed by atoms with E-state index in [4.69, 9.17) is 32.4 Å². The topological polar surface area (TPSA) is 60.5 Å². The standard InChI is InChI=1S/C19H18Cl2FN3O3/c1-3-25-9-15(21)16(23-25)10-24(2)19(26)18-7-5-13(28-18)11-27-17-6-4-12(22)8-14(17)20/h4-9H,3,10-11H2,1-2H3. The van der Waals surface area contributed by atoms with Gasteiger partial charge in [-0.25, -0.2) is 4.39 Å². The molecule has 0 bridgehead atoms. The molecule has 2 aromatic heterocycles. The molecule has 0 spiro atoms. The largest absolute Gasteiger partial charge is 0.484 e. The molecule has 3 rings (SSSR count). The van der Waals surface area contributed by atoms with E-state index >= 15 is 0 Å². The quantitative estimate of drug-likeness (QED) is 0.545. The minimum atomic E-state index is -0.449. The van der Waals surface area contributed by atoms with Gasteiger partial charge in [0, 0.05) is 19.8 Å². The molecule has 0 saturated carbocycles. The van der Waals surface area contributed by atoms with Crippen LogP contribution in [0.3, 0.4) is 0 Å². The molecule has 3 aromatic rings. The summed E-state index contributed by atoms with van der Waals surface area (Å²) in [5, 5.41) is 4.99. The number of furan rings is 1. The number of nitrogens with zero attached hydrogens (tertiary/aromatic N) is 3. The second-order valence-electron chi connectivity index (χ2n) is 6.07. The van der Waals surface area contributed by atoms with Gasteiger partial charge in [-0.2, -0.15) is 5.10 Å². The normalized spacial score (nSPS) is 10.9. The van der Waals surface area contributed by atoms with Crippen molar-refractivity contribution in [3.8, 4) is 5.75 Å². The van der Waals surface area contributed by atoms with Crippen molar-refractivity contribution in [1.82, 2.24) is 14.7 Å². The van der Waals surface area contributed by atoms with Crippen LogP contribution in [0.1, 0.15) is 28.9 Å². The molecule has 0 aliphatic heterocycles. The summed E-state index contributed by atoms with van der Waals surface area (Å²) < 4.78 is 25.8. The summed E-state index contributed by atoms with van der Waals surface area (Å²) in [6, 6.07) is 7.04. The molecule has 0 N–H and O–H groups in total. The van der Waals surface area contributed by atoms with E-state index in [1.165, 1.54) is 17.0 Å². The second-order valence-corrected chi connectivity index (χ2v) is 6.88. The maximum atomic E-state index is 13.1. The first-order chi connectivity index (χ1) is 13.4. The second kappa shape index (κ2) is 8.67. The zero-order chi connectivity index (χ0) is 20.3. The third-order valence-corrected chi connectivity index (χ3v) is 4.59. The molecule has 6 nitrogen and oxygen atoms in total. The van der Waals surface area contributed by atoms with Crippen molar-refractivity contribution in [2.24, 2.45) is 0 Å². The molecule has 2 heterocycles. The van der Waals surface area contributed by atoms with Crippen LogP contribution in [0.2, 0.25) is 10.0 Å². The molecule has 9 heteroatoms. The van der Waals surface area contributed by atoms with Gasteiger partial charge in [-0.05, 0) is 37.3 Å². The molecule has 0 aliphatic rings. The lowest BCUT2D eigenvalue weighted by atomic mass is 10.3. The summed E-state index contributed by atoms with van der Waals surface area (Å²) >= 11 is 12.1. The predicted octanol–water partition coefficient (Wildman–Crippen LogP) is 4.79. The Morgan fingerprint density at radius 3 is 2.75 bits per heavy atom. The van der Waals surface area contributed by atoms with Gasteiger partial charge in [0.25, 0.3) is 5.91 Å². The van der Waals surface area contributed by atoms with E-state index in [0.29, 0.717) is 28.8 Å². The van der Waals surface area contributed by atoms with E-state index in [1.54, 1.807) is 30.1 Å². The summed E-state index contributed by atoms with van der Waals surface area (Å²) in [5.74, 6) is 0.164. The molecule has 0 aliphatic carbocycles. The van der Waals surface area contributed by atoms with Gasteiger partial charge in [0.15, 0.2) is 5.76 Å². The fourth-order valence-electron chi connectivity index (χ4n) is 2.50. The predicted molar refractivity (Wildman–Crippen MR) is 103 cm³/mol. The summed E-state index contributed by atoms with van der Waals surface area (Å²) in [7, 11) is 1.64. The number of hydrogen-bond donors (Lipinski definition) is 0. The third kappa shape index (κ3) is 4.66. The molecule has 1 amide bonds. The Balaban J connectivity index is 1.62. The van der Waals surface area contributed by atoms with Crippen LogP contribution in [0.5, 0.6) is 5.75 Å². The lowest BCUT2D eigenvalue weighted by molar-refractivity contribution is 0.0747. The minimum Gasteiger partial charge on any atom is -0.484 e. The maximum absolute atomic E-state index is 13.1. The molecular weight excluding hydrogens is 408 g/mol. The summed E-state index contributed by atoms with van der Waals surface area (Å²) in [6.45, 7) is 2.95. The van der Waals surface area contributed by atoms with Crippen molar-refractivity contribution in [2.75, 3.05) is 7.05 Å². The van der Waals surface area contributed by atoms with Crippen LogP contribution < -0.4 is 4.74 Å². The molecular formula is C19H18Cl2FN3O3. The third-order valence-electron chi connectivity index (χ3n) is 3.98. The Labute approximate surface area is 171 Å². The molecule has 148 valence electrons. The van der Waals surface area contributed by atoms with Crippen molar-refractivity contribution in [3.63, 3.8) is 0 Å². The van der Waals surface area contributed by atoms with E-state index in [9.17, 15) is 9.18 Å². The van der Waals surface area contributed by atoms with E-state index in [-0.39, 0.29) is 29.8 Å². The highest BCUT2D eigenvalue weighted by Gasteiger charge is 2.19. The van der Waals surface area contributed by atoms with Crippen LogP contribution in [0.25, 0.3) is 0 Å². The van der Waals surface area contributed by atoms with Gasteiger partial charge in [0.2, 0.25) is 0 Å². The van der Waals surface area contributed by atoms with Crippen molar-refractivity contribution in [3.05, 3.63) is 69.6 Å². The van der Waals surface area contributed by atoms with Gasteiger partial charge in [0.1, 0.15) is 29.6 Å². The fourth-order valence-corrected chi connectivity index (χ4v) is 2.93. The van der Waals surface area contributed by atoms with Crippen LogP contribution >= 0.6 is 23.2 Å². The van der Waals surface area contributed by atoms with Gasteiger partial charge in [-0.15, -0.1) is 0 Å². The molecule has 0 atom stereocenters. The number of hydrogen-bond acceptors (Lipinski definition) is 4. The molecule has 1 aromatic carbocycles. The first-order valence-electron chi connectivity index (χ1n) is 8.51. The zero-order valence-electron chi connectivity index (χ0n) is 15.3. The van der Waals surface area contributed by atoms with E-state index in [1.807, 2.05) is 6.92 Å². The number of carbonyl (C=O) groups excluding carboxylic acids is 1. The average Bonchev–Trinajstić information content (AvgIpc) is 3.27. The minimum absolute atomic E-state index is 0.0507. The number of benzene rings is 1. The van der Waals surface area contributed by atoms with Crippen molar-refractivity contribution < 1.29 is 18.3 Å². The number of ether oxygens (including phenoxy) is 1. The number of amides is 1. The number of aromatic nitrogens is 2. The smallest absolute Gasteiger partial charge is 0.289 e. The Bertz CT molecular complexity index is 987. The first-order valence-corrected chi connectivity index (χ1v) is 9.26. The first kappa shape index (κ1) is 20.2. The lowest BCUT2D eigenvalue weighted by Crippen LogP contribution is -2.26. The van der Waals surface area contributed by atoms with Crippen LogP contribution in [-0.4, -0.2) is 27.6 Å². The Kier molecular flexibility index (Phi) is 6.26. The summed E-state index contributed by atoms with van der Waals surface area (Å²) in [4.78, 5) is 14.0. The number of carbonyl (C=O) groups is 1. The van der Waals surface area contributed by atoms with Gasteiger partial charge < -0.3 is 14.1 Å². The van der Waals surface area contributed by atoms with Crippen molar-refractivity contribution in [2.45, 2.75) is 26.6 Å². The van der Waals surface area contributed by atoms with E-state index in [2.05, 4.69) is 5.10 Å². The zero-order valence-corrected chi connectivity index (χ0v) is 16.8. The number of halogens is 3. The Morgan fingerprint density at radius 2 is 2.07 bits per heavy atom. The SMILES string of the molecule is CCn1cc(Cl)c(CN(C)C(=O)c2ccc(COc3ccc(F)cc3Cl)o2)n1. The van der Waals surface area contributed by atoms with E-state index < -0.39 is 5.82 Å². The fraction of sp³-hybridized carbons (Fsp3) is 0.263. The molecule has 28 heavy (non-hydrogen) atoms. The highest BCUT2D eigenvalue weighted by molar-refractivity contribution is 6.32. The van der Waals surface area contributed by atoms with Crippen molar-refractivity contribution in [1.29, 1.82) is 0 Å². The molecule has 0 fully saturated rings. The van der Waals surface area contributed by atoms with E-state index in [0.717, 1.165) is 6.07 Å². The number of aryl methyl sites for hydroxylation is 1. The Morgan fingerprint density at radius 1 is 1.29 bits per heavy atom. The average molecular weight is 426 g/mol.